The van der Waals surface area contributed by atoms with Crippen molar-refractivity contribution in [3.8, 4) is 5.75 Å². The lowest BCUT2D eigenvalue weighted by atomic mass is 10.1. The molecular formula is C25H27Cl2F3N4O5S. The number of halogens is 5. The van der Waals surface area contributed by atoms with Crippen LogP contribution in [0.1, 0.15) is 24.5 Å². The van der Waals surface area contributed by atoms with Gasteiger partial charge in [-0.1, -0.05) is 30.1 Å². The fourth-order valence-electron chi connectivity index (χ4n) is 4.78. The molecule has 1 atom stereocenters. The molecule has 40 heavy (non-hydrogen) atoms. The standard InChI is InChI=1S/C25H27Cl2F3N4O5S/c1-4-40(37,38)20-6-5-15(26)9-14(20)11-34-23(35)17-10-19(39-25(28,29)30)18(21(27)22(17)31-24(34)36)13-33-8-7-16(12-33)32(2)3/h5-6,9-10,16H,4,7-8,11-13H2,1-3H3,(H,31,36)/t16-/m1/s1. The van der Waals surface area contributed by atoms with E-state index in [0.717, 1.165) is 12.5 Å². The summed E-state index contributed by atoms with van der Waals surface area (Å²) in [5.41, 5.74) is -2.00. The van der Waals surface area contributed by atoms with Crippen LogP contribution in [0, 0.1) is 0 Å². The number of hydrogen-bond acceptors (Lipinski definition) is 7. The van der Waals surface area contributed by atoms with Crippen molar-refractivity contribution in [1.82, 2.24) is 19.4 Å². The van der Waals surface area contributed by atoms with E-state index in [-0.39, 0.29) is 55.3 Å². The number of likely N-dealkylation sites (N-methyl/N-ethyl adjacent to an activating group) is 1. The molecule has 3 aromatic rings. The zero-order chi connectivity index (χ0) is 29.6. The monoisotopic (exact) mass is 622 g/mol. The Labute approximate surface area is 238 Å². The van der Waals surface area contributed by atoms with Crippen molar-refractivity contribution in [3.63, 3.8) is 0 Å². The molecule has 2 aromatic carbocycles. The van der Waals surface area contributed by atoms with Crippen LogP contribution in [0.5, 0.6) is 5.75 Å². The largest absolute Gasteiger partial charge is 0.573 e. The van der Waals surface area contributed by atoms with Crippen molar-refractivity contribution in [2.75, 3.05) is 32.9 Å². The van der Waals surface area contributed by atoms with Gasteiger partial charge in [0.05, 0.1) is 33.1 Å². The molecule has 4 rings (SSSR count). The Balaban J connectivity index is 1.86. The van der Waals surface area contributed by atoms with Gasteiger partial charge in [0.25, 0.3) is 5.56 Å². The van der Waals surface area contributed by atoms with E-state index in [1.807, 2.05) is 23.9 Å². The average molecular weight is 623 g/mol. The van der Waals surface area contributed by atoms with E-state index in [9.17, 15) is 31.2 Å². The van der Waals surface area contributed by atoms with E-state index in [1.54, 1.807) is 0 Å². The van der Waals surface area contributed by atoms with Crippen molar-refractivity contribution in [2.45, 2.75) is 43.7 Å². The van der Waals surface area contributed by atoms with Crippen LogP contribution in [-0.2, 0) is 22.9 Å². The number of alkyl halides is 3. The van der Waals surface area contributed by atoms with Gasteiger partial charge in [0.15, 0.2) is 9.84 Å². The third kappa shape index (κ3) is 6.33. The zero-order valence-electron chi connectivity index (χ0n) is 21.8. The molecule has 218 valence electrons. The highest BCUT2D eigenvalue weighted by Crippen LogP contribution is 2.37. The summed E-state index contributed by atoms with van der Waals surface area (Å²) in [6.45, 7) is 2.11. The van der Waals surface area contributed by atoms with Crippen LogP contribution in [0.3, 0.4) is 0 Å². The minimum Gasteiger partial charge on any atom is -0.405 e. The summed E-state index contributed by atoms with van der Waals surface area (Å²) in [5, 5.41) is -0.409. The van der Waals surface area contributed by atoms with E-state index in [2.05, 4.69) is 9.72 Å². The quantitative estimate of drug-likeness (QED) is 0.407. The van der Waals surface area contributed by atoms with Gasteiger partial charge in [-0.25, -0.2) is 13.2 Å². The first-order valence-electron chi connectivity index (χ1n) is 12.2. The number of sulfone groups is 1. The average Bonchev–Trinajstić information content (AvgIpc) is 3.33. The predicted molar refractivity (Wildman–Crippen MR) is 146 cm³/mol. The van der Waals surface area contributed by atoms with Crippen molar-refractivity contribution in [2.24, 2.45) is 0 Å². The summed E-state index contributed by atoms with van der Waals surface area (Å²) in [7, 11) is 0.0694. The fraction of sp³-hybridized carbons (Fsp3) is 0.440. The summed E-state index contributed by atoms with van der Waals surface area (Å²) < 4.78 is 70.4. The first-order chi connectivity index (χ1) is 18.6. The normalized spacial score (nSPS) is 16.8. The molecule has 1 aromatic heterocycles. The van der Waals surface area contributed by atoms with Crippen LogP contribution in [0.25, 0.3) is 10.9 Å². The number of ether oxygens (including phenoxy) is 1. The smallest absolute Gasteiger partial charge is 0.405 e. The lowest BCUT2D eigenvalue weighted by Gasteiger charge is -2.23. The number of rotatable bonds is 8. The highest BCUT2D eigenvalue weighted by Gasteiger charge is 2.34. The van der Waals surface area contributed by atoms with Gasteiger partial charge in [-0.2, -0.15) is 0 Å². The Morgan fingerprint density at radius 2 is 1.85 bits per heavy atom. The highest BCUT2D eigenvalue weighted by molar-refractivity contribution is 7.91. The number of aromatic nitrogens is 2. The van der Waals surface area contributed by atoms with Crippen LogP contribution < -0.4 is 16.0 Å². The van der Waals surface area contributed by atoms with Gasteiger partial charge >= 0.3 is 12.1 Å². The molecular weight excluding hydrogens is 596 g/mol. The molecule has 0 saturated carbocycles. The van der Waals surface area contributed by atoms with E-state index in [0.29, 0.717) is 17.7 Å². The van der Waals surface area contributed by atoms with Gasteiger partial charge in [0, 0.05) is 36.3 Å². The third-order valence-electron chi connectivity index (χ3n) is 6.93. The lowest BCUT2D eigenvalue weighted by Crippen LogP contribution is -2.36. The topological polar surface area (TPSA) is 105 Å². The number of fused-ring (bicyclic) bond motifs is 1. The van der Waals surface area contributed by atoms with Gasteiger partial charge in [-0.3, -0.25) is 14.3 Å². The minimum atomic E-state index is -5.08. The van der Waals surface area contributed by atoms with Crippen LogP contribution in [-0.4, -0.2) is 73.1 Å². The molecule has 2 heterocycles. The zero-order valence-corrected chi connectivity index (χ0v) is 24.1. The number of H-pyrrole nitrogens is 1. The molecule has 0 amide bonds. The van der Waals surface area contributed by atoms with Crippen molar-refractivity contribution >= 4 is 43.9 Å². The molecule has 0 spiro atoms. The highest BCUT2D eigenvalue weighted by atomic mass is 35.5. The Hall–Kier alpha value is -2.58. The number of likely N-dealkylation sites (tertiary alicyclic amines) is 1. The minimum absolute atomic E-state index is 0.00358. The molecule has 1 N–H and O–H groups in total. The van der Waals surface area contributed by atoms with Crippen LogP contribution in [0.4, 0.5) is 13.2 Å². The van der Waals surface area contributed by atoms with E-state index in [1.165, 1.54) is 25.1 Å². The number of nitrogens with one attached hydrogen (secondary N) is 1. The third-order valence-corrected chi connectivity index (χ3v) is 9.41. The molecule has 1 aliphatic heterocycles. The first-order valence-corrected chi connectivity index (χ1v) is 14.7. The molecule has 9 nitrogen and oxygen atoms in total. The number of aromatic amines is 1. The van der Waals surface area contributed by atoms with Crippen molar-refractivity contribution < 1.29 is 26.3 Å². The fourth-order valence-corrected chi connectivity index (χ4v) is 6.38. The second-order valence-electron chi connectivity index (χ2n) is 9.76. The number of nitrogens with zero attached hydrogens (tertiary/aromatic N) is 3. The van der Waals surface area contributed by atoms with Gasteiger partial charge in [-0.15, -0.1) is 13.2 Å². The predicted octanol–water partition coefficient (Wildman–Crippen LogP) is 3.87. The molecule has 0 radical (unpaired) electrons. The number of benzene rings is 2. The summed E-state index contributed by atoms with van der Waals surface area (Å²) in [6.07, 6.45) is -4.28. The SMILES string of the molecule is CCS(=O)(=O)c1ccc(Cl)cc1Cn1c(=O)[nH]c2c(Cl)c(CN3CC[C@@H](N(C)C)C3)c(OC(F)(F)F)cc2c1=O. The maximum Gasteiger partial charge on any atom is 0.573 e. The second kappa shape index (κ2) is 11.4. The summed E-state index contributed by atoms with van der Waals surface area (Å²) >= 11 is 12.6. The summed E-state index contributed by atoms with van der Waals surface area (Å²) in [4.78, 5) is 32.8. The molecule has 0 aliphatic carbocycles. The van der Waals surface area contributed by atoms with Gasteiger partial charge in [-0.05, 0) is 50.3 Å². The van der Waals surface area contributed by atoms with Crippen LogP contribution >= 0.6 is 23.2 Å². The molecule has 1 fully saturated rings. The van der Waals surface area contributed by atoms with Gasteiger partial charge in [0.2, 0.25) is 0 Å². The van der Waals surface area contributed by atoms with E-state index >= 15 is 0 Å². The second-order valence-corrected chi connectivity index (χ2v) is 12.8. The maximum absolute atomic E-state index is 13.5. The molecule has 1 aliphatic rings. The number of hydrogen-bond donors (Lipinski definition) is 1. The Morgan fingerprint density at radius 3 is 2.45 bits per heavy atom. The van der Waals surface area contributed by atoms with Crippen molar-refractivity contribution in [3.05, 3.63) is 66.3 Å². The Morgan fingerprint density at radius 1 is 1.15 bits per heavy atom. The molecule has 15 heteroatoms. The van der Waals surface area contributed by atoms with Crippen molar-refractivity contribution in [1.29, 1.82) is 0 Å². The van der Waals surface area contributed by atoms with Crippen LogP contribution in [0.2, 0.25) is 10.0 Å². The maximum atomic E-state index is 13.5. The van der Waals surface area contributed by atoms with E-state index in [4.69, 9.17) is 23.2 Å². The summed E-state index contributed by atoms with van der Waals surface area (Å²) in [6, 6.07) is 5.05. The molecule has 0 unspecified atom stereocenters. The first kappa shape index (κ1) is 30.4. The Kier molecular flexibility index (Phi) is 8.63. The van der Waals surface area contributed by atoms with E-state index < -0.39 is 39.7 Å². The summed E-state index contributed by atoms with van der Waals surface area (Å²) in [5.74, 6) is -0.904. The Bertz CT molecular complexity index is 1670. The molecule has 1 saturated heterocycles. The van der Waals surface area contributed by atoms with Gasteiger partial charge in [0.1, 0.15) is 5.75 Å². The van der Waals surface area contributed by atoms with Crippen LogP contribution in [0.15, 0.2) is 38.8 Å². The molecule has 0 bridgehead atoms. The van der Waals surface area contributed by atoms with Gasteiger partial charge < -0.3 is 14.6 Å². The lowest BCUT2D eigenvalue weighted by molar-refractivity contribution is -0.274.